The van der Waals surface area contributed by atoms with Gasteiger partial charge in [-0.15, -0.1) is 0 Å². The van der Waals surface area contributed by atoms with Crippen molar-refractivity contribution in [1.82, 2.24) is 9.97 Å². The average Bonchev–Trinajstić information content (AvgIpc) is 3.07. The fourth-order valence-corrected chi connectivity index (χ4v) is 5.03. The summed E-state index contributed by atoms with van der Waals surface area (Å²) < 4.78 is 0. The fraction of sp³-hybridized carbons (Fsp3) is 0.333. The number of piperidine rings is 1. The molecule has 0 spiro atoms. The van der Waals surface area contributed by atoms with Crippen LogP contribution in [0.2, 0.25) is 0 Å². The van der Waals surface area contributed by atoms with Crippen LogP contribution in [0.1, 0.15) is 48.2 Å². The summed E-state index contributed by atoms with van der Waals surface area (Å²) in [5, 5.41) is 3.32. The van der Waals surface area contributed by atoms with Crippen molar-refractivity contribution in [1.29, 1.82) is 0 Å². The summed E-state index contributed by atoms with van der Waals surface area (Å²) in [6, 6.07) is 14.0. The minimum Gasteiger partial charge on any atom is -0.365 e. The lowest BCUT2D eigenvalue weighted by Crippen LogP contribution is -2.43. The topological polar surface area (TPSA) is 127 Å². The first kappa shape index (κ1) is 23.0. The van der Waals surface area contributed by atoms with Crippen LogP contribution in [0.25, 0.3) is 11.1 Å². The highest BCUT2D eigenvalue weighted by atomic mass is 16.1. The molecule has 1 fully saturated rings. The maximum Gasteiger partial charge on any atom is 0.254 e. The number of rotatable bonds is 5. The number of benzene rings is 2. The van der Waals surface area contributed by atoms with Gasteiger partial charge in [-0.2, -0.15) is 4.98 Å². The Morgan fingerprint density at radius 1 is 1.20 bits per heavy atom. The van der Waals surface area contributed by atoms with Gasteiger partial charge in [-0.05, 0) is 61.1 Å². The lowest BCUT2D eigenvalue weighted by Gasteiger charge is -2.31. The molecule has 2 aliphatic rings. The van der Waals surface area contributed by atoms with Crippen molar-refractivity contribution in [2.24, 2.45) is 11.5 Å². The lowest BCUT2D eigenvalue weighted by molar-refractivity contribution is -0.121. The third kappa shape index (κ3) is 4.25. The lowest BCUT2D eigenvalue weighted by atomic mass is 9.84. The predicted octanol–water partition coefficient (Wildman–Crippen LogP) is 3.32. The van der Waals surface area contributed by atoms with E-state index in [1.54, 1.807) is 0 Å². The van der Waals surface area contributed by atoms with Gasteiger partial charge in [-0.3, -0.25) is 9.59 Å². The number of fused-ring (bicyclic) bond motifs is 1. The number of carbonyl (C=O) groups excluding carboxylic acids is 2. The van der Waals surface area contributed by atoms with Gasteiger partial charge >= 0.3 is 0 Å². The zero-order chi connectivity index (χ0) is 24.7. The van der Waals surface area contributed by atoms with Crippen LogP contribution < -0.4 is 21.7 Å². The smallest absolute Gasteiger partial charge is 0.254 e. The van der Waals surface area contributed by atoms with Crippen molar-refractivity contribution in [3.05, 3.63) is 65.4 Å². The highest BCUT2D eigenvalue weighted by molar-refractivity contribution is 6.00. The summed E-state index contributed by atoms with van der Waals surface area (Å²) in [6.45, 7) is 5.37. The van der Waals surface area contributed by atoms with Crippen molar-refractivity contribution in [3.8, 4) is 11.1 Å². The minimum absolute atomic E-state index is 0.0597. The average molecular weight is 471 g/mol. The number of amides is 1. The molecule has 1 atom stereocenters. The van der Waals surface area contributed by atoms with Crippen LogP contribution in [-0.2, 0) is 16.6 Å². The van der Waals surface area contributed by atoms with Crippen LogP contribution in [0.15, 0.2) is 48.7 Å². The molecule has 35 heavy (non-hydrogen) atoms. The fourth-order valence-electron chi connectivity index (χ4n) is 5.03. The molecule has 2 heterocycles. The molecule has 0 bridgehead atoms. The first-order valence-corrected chi connectivity index (χ1v) is 11.9. The van der Waals surface area contributed by atoms with Crippen LogP contribution in [0.3, 0.4) is 0 Å². The summed E-state index contributed by atoms with van der Waals surface area (Å²) in [5.41, 5.74) is 16.2. The number of aromatic nitrogens is 2. The number of nitrogens with one attached hydrogen (secondary N) is 1. The molecule has 1 aromatic heterocycles. The number of hydrogen-bond acceptors (Lipinski definition) is 7. The molecule has 8 nitrogen and oxygen atoms in total. The third-order valence-electron chi connectivity index (χ3n) is 7.09. The molecule has 1 aliphatic carbocycles. The van der Waals surface area contributed by atoms with Gasteiger partial charge < -0.3 is 21.7 Å². The predicted molar refractivity (Wildman–Crippen MR) is 137 cm³/mol. The number of nitrogens with two attached hydrogens (primary N) is 2. The van der Waals surface area contributed by atoms with Gasteiger partial charge in [0.25, 0.3) is 5.91 Å². The van der Waals surface area contributed by atoms with Crippen LogP contribution in [0.5, 0.6) is 0 Å². The molecule has 1 aliphatic heterocycles. The first-order chi connectivity index (χ1) is 16.7. The van der Waals surface area contributed by atoms with E-state index in [0.29, 0.717) is 24.7 Å². The quantitative estimate of drug-likeness (QED) is 0.522. The molecule has 5 rings (SSSR count). The molecule has 2 aromatic carbocycles. The van der Waals surface area contributed by atoms with Crippen LogP contribution in [0.4, 0.5) is 17.5 Å². The Bertz CT molecular complexity index is 1300. The summed E-state index contributed by atoms with van der Waals surface area (Å²) in [7, 11) is 0. The van der Waals surface area contributed by atoms with Crippen molar-refractivity contribution < 1.29 is 9.59 Å². The van der Waals surface area contributed by atoms with E-state index < -0.39 is 11.3 Å². The van der Waals surface area contributed by atoms with Crippen LogP contribution in [-0.4, -0.2) is 40.8 Å². The maximum atomic E-state index is 12.9. The Morgan fingerprint density at radius 3 is 2.69 bits per heavy atom. The summed E-state index contributed by atoms with van der Waals surface area (Å²) >= 11 is 0. The van der Waals surface area contributed by atoms with Crippen LogP contribution in [0, 0.1) is 0 Å². The van der Waals surface area contributed by atoms with E-state index in [1.165, 1.54) is 6.20 Å². The van der Waals surface area contributed by atoms with Gasteiger partial charge in [0.2, 0.25) is 5.95 Å². The normalized spacial score (nSPS) is 18.9. The summed E-state index contributed by atoms with van der Waals surface area (Å²) in [4.78, 5) is 36.2. The zero-order valence-electron chi connectivity index (χ0n) is 20.0. The van der Waals surface area contributed by atoms with E-state index in [0.717, 1.165) is 47.3 Å². The number of carbonyl (C=O) groups is 2. The van der Waals surface area contributed by atoms with Crippen molar-refractivity contribution in [2.75, 3.05) is 23.3 Å². The van der Waals surface area contributed by atoms with Gasteiger partial charge in [0.05, 0.1) is 0 Å². The number of hydrogen-bond donors (Lipinski definition) is 3. The Hall–Kier alpha value is -3.78. The standard InChI is InChI=1S/C27H30N6O2/c1-27(2)22-12-18(11-19(20(22)13-23(27)34)16-7-4-3-5-8-16)31-25-21(24(29)35)14-30-26(32-25)33-10-6-9-17(28)15-33/h3-5,7-8,11-12,14,17H,6,9-10,13,15,28H2,1-2H3,(H2,29,35)(H,30,31,32)/t17-/m0/s1. The zero-order valence-corrected chi connectivity index (χ0v) is 20.0. The highest BCUT2D eigenvalue weighted by Gasteiger charge is 2.39. The van der Waals surface area contributed by atoms with Gasteiger partial charge in [-0.1, -0.05) is 30.3 Å². The minimum atomic E-state index is -0.616. The highest BCUT2D eigenvalue weighted by Crippen LogP contribution is 2.43. The molecule has 0 radical (unpaired) electrons. The molecule has 1 amide bonds. The van der Waals surface area contributed by atoms with E-state index >= 15 is 0 Å². The van der Waals surface area contributed by atoms with Crippen LogP contribution >= 0.6 is 0 Å². The third-order valence-corrected chi connectivity index (χ3v) is 7.09. The first-order valence-electron chi connectivity index (χ1n) is 11.9. The molecule has 0 unspecified atom stereocenters. The molecule has 0 saturated carbocycles. The SMILES string of the molecule is CC1(C)C(=O)Cc2c(-c3ccccc3)cc(Nc3nc(N4CCC[C@H](N)C4)ncc3C(N)=O)cc21. The number of Topliss-reactive ketones (excluding diaryl/α,β-unsaturated/α-hetero) is 1. The number of nitrogens with zero attached hydrogens (tertiary/aromatic N) is 3. The van der Waals surface area contributed by atoms with Crippen molar-refractivity contribution in [2.45, 2.75) is 44.6 Å². The Morgan fingerprint density at radius 2 is 1.97 bits per heavy atom. The second-order valence-electron chi connectivity index (χ2n) is 9.91. The van der Waals surface area contributed by atoms with Crippen molar-refractivity contribution in [3.63, 3.8) is 0 Å². The van der Waals surface area contributed by atoms with Gasteiger partial charge in [0.1, 0.15) is 17.2 Å². The maximum absolute atomic E-state index is 12.9. The Labute approximate surface area is 204 Å². The second kappa shape index (κ2) is 8.78. The summed E-state index contributed by atoms with van der Waals surface area (Å²) in [5.74, 6) is 0.412. The van der Waals surface area contributed by atoms with E-state index in [9.17, 15) is 9.59 Å². The Kier molecular flexibility index (Phi) is 5.76. The van der Waals surface area contributed by atoms with Crippen molar-refractivity contribution >= 4 is 29.1 Å². The van der Waals surface area contributed by atoms with Gasteiger partial charge in [-0.25, -0.2) is 4.98 Å². The van der Waals surface area contributed by atoms with E-state index in [-0.39, 0.29) is 17.4 Å². The van der Waals surface area contributed by atoms with Gasteiger partial charge in [0.15, 0.2) is 0 Å². The molecule has 5 N–H and O–H groups in total. The molecule has 8 heteroatoms. The largest absolute Gasteiger partial charge is 0.365 e. The van der Waals surface area contributed by atoms with E-state index in [2.05, 4.69) is 15.3 Å². The van der Waals surface area contributed by atoms with E-state index in [4.69, 9.17) is 11.5 Å². The molecule has 3 aromatic rings. The second-order valence-corrected chi connectivity index (χ2v) is 9.91. The number of anilines is 3. The Balaban J connectivity index is 1.60. The number of primary amides is 1. The molecule has 180 valence electrons. The molecular weight excluding hydrogens is 440 g/mol. The monoisotopic (exact) mass is 470 g/mol. The molecular formula is C27H30N6O2. The molecule has 1 saturated heterocycles. The van der Waals surface area contributed by atoms with Gasteiger partial charge in [0, 0.05) is 42.9 Å². The van der Waals surface area contributed by atoms with E-state index in [1.807, 2.05) is 61.2 Å². The summed E-state index contributed by atoms with van der Waals surface area (Å²) in [6.07, 6.45) is 3.78. The number of ketones is 1.